The number of ether oxygens (including phenoxy) is 1. The van der Waals surface area contributed by atoms with Crippen LogP contribution in [0.2, 0.25) is 5.02 Å². The van der Waals surface area contributed by atoms with Crippen molar-refractivity contribution in [1.29, 1.82) is 0 Å². The number of benzene rings is 3. The minimum atomic E-state index is -0.865. The number of nitrogens with zero attached hydrogens (tertiary/aromatic N) is 1. The van der Waals surface area contributed by atoms with Gasteiger partial charge in [-0.05, 0) is 51.7 Å². The maximum Gasteiger partial charge on any atom is 0.261 e. The molecule has 0 spiro atoms. The fourth-order valence-electron chi connectivity index (χ4n) is 3.60. The predicted molar refractivity (Wildman–Crippen MR) is 143 cm³/mol. The van der Waals surface area contributed by atoms with E-state index in [1.807, 2.05) is 44.2 Å². The van der Waals surface area contributed by atoms with Crippen molar-refractivity contribution < 1.29 is 18.7 Å². The molecule has 0 radical (unpaired) electrons. The van der Waals surface area contributed by atoms with Crippen LogP contribution in [-0.2, 0) is 22.6 Å². The zero-order valence-electron chi connectivity index (χ0n) is 20.2. The first-order valence-corrected chi connectivity index (χ1v) is 12.8. The highest BCUT2D eigenvalue weighted by atomic mass is 79.9. The summed E-state index contributed by atoms with van der Waals surface area (Å²) in [6.07, 6.45) is 0.273. The Kier molecular flexibility index (Phi) is 10.3. The van der Waals surface area contributed by atoms with Gasteiger partial charge in [-0.1, -0.05) is 74.0 Å². The Hall–Kier alpha value is -2.90. The van der Waals surface area contributed by atoms with Crippen LogP contribution in [0.15, 0.2) is 77.3 Å². The number of hydrogen-bond acceptors (Lipinski definition) is 3. The third-order valence-corrected chi connectivity index (χ3v) is 6.35. The van der Waals surface area contributed by atoms with Crippen LogP contribution in [0.5, 0.6) is 5.75 Å². The number of carbonyl (C=O) groups is 2. The molecular weight excluding hydrogens is 547 g/mol. The normalized spacial score (nSPS) is 11.7. The molecular formula is C28H29BrClFN2O3. The third-order valence-electron chi connectivity index (χ3n) is 5.50. The minimum absolute atomic E-state index is 0.0801. The summed E-state index contributed by atoms with van der Waals surface area (Å²) >= 11 is 9.38. The van der Waals surface area contributed by atoms with E-state index in [-0.39, 0.29) is 31.4 Å². The van der Waals surface area contributed by atoms with Crippen molar-refractivity contribution in [2.24, 2.45) is 5.92 Å². The molecule has 8 heteroatoms. The van der Waals surface area contributed by atoms with E-state index in [9.17, 15) is 14.0 Å². The quantitative estimate of drug-likeness (QED) is 0.304. The molecule has 0 aliphatic rings. The highest BCUT2D eigenvalue weighted by Crippen LogP contribution is 2.28. The fraction of sp³-hybridized carbons (Fsp3) is 0.286. The maximum atomic E-state index is 14.6. The Morgan fingerprint density at radius 1 is 1.06 bits per heavy atom. The summed E-state index contributed by atoms with van der Waals surface area (Å²) in [6.45, 7) is 4.03. The van der Waals surface area contributed by atoms with E-state index in [2.05, 4.69) is 21.2 Å². The van der Waals surface area contributed by atoms with E-state index >= 15 is 0 Å². The molecule has 0 aromatic heterocycles. The first-order valence-electron chi connectivity index (χ1n) is 11.7. The zero-order valence-corrected chi connectivity index (χ0v) is 22.6. The van der Waals surface area contributed by atoms with Gasteiger partial charge < -0.3 is 15.0 Å². The molecule has 1 unspecified atom stereocenters. The number of amides is 2. The van der Waals surface area contributed by atoms with Crippen LogP contribution < -0.4 is 10.1 Å². The topological polar surface area (TPSA) is 58.6 Å². The smallest absolute Gasteiger partial charge is 0.261 e. The summed E-state index contributed by atoms with van der Waals surface area (Å²) in [5.41, 5.74) is 1.20. The molecule has 0 saturated heterocycles. The van der Waals surface area contributed by atoms with Crippen molar-refractivity contribution in [3.63, 3.8) is 0 Å². The molecule has 3 aromatic carbocycles. The molecule has 3 aromatic rings. The van der Waals surface area contributed by atoms with Gasteiger partial charge in [0.1, 0.15) is 17.6 Å². The monoisotopic (exact) mass is 574 g/mol. The van der Waals surface area contributed by atoms with Gasteiger partial charge in [0.2, 0.25) is 5.91 Å². The predicted octanol–water partition coefficient (Wildman–Crippen LogP) is 6.03. The molecule has 36 heavy (non-hydrogen) atoms. The van der Waals surface area contributed by atoms with Gasteiger partial charge in [-0.25, -0.2) is 4.39 Å². The van der Waals surface area contributed by atoms with Gasteiger partial charge in [0.05, 0.1) is 4.47 Å². The lowest BCUT2D eigenvalue weighted by Gasteiger charge is -2.32. The Bertz CT molecular complexity index is 1180. The molecule has 3 rings (SSSR count). The van der Waals surface area contributed by atoms with Crippen LogP contribution in [0.25, 0.3) is 0 Å². The van der Waals surface area contributed by atoms with Gasteiger partial charge in [-0.15, -0.1) is 0 Å². The van der Waals surface area contributed by atoms with Gasteiger partial charge in [0.15, 0.2) is 6.61 Å². The second-order valence-electron chi connectivity index (χ2n) is 8.82. The lowest BCUT2D eigenvalue weighted by atomic mass is 10.0. The zero-order chi connectivity index (χ0) is 26.1. The van der Waals surface area contributed by atoms with Gasteiger partial charge in [0, 0.05) is 30.1 Å². The first kappa shape index (κ1) is 27.7. The largest absolute Gasteiger partial charge is 0.483 e. The molecule has 2 amide bonds. The van der Waals surface area contributed by atoms with Crippen molar-refractivity contribution in [2.45, 2.75) is 32.9 Å². The first-order chi connectivity index (χ1) is 17.2. The van der Waals surface area contributed by atoms with Crippen molar-refractivity contribution >= 4 is 39.3 Å². The van der Waals surface area contributed by atoms with Crippen LogP contribution in [0.3, 0.4) is 0 Å². The lowest BCUT2D eigenvalue weighted by molar-refractivity contribution is -0.142. The number of nitrogens with one attached hydrogen (secondary N) is 1. The molecule has 5 nitrogen and oxygen atoms in total. The van der Waals surface area contributed by atoms with Crippen molar-refractivity contribution in [3.05, 3.63) is 99.2 Å². The molecule has 190 valence electrons. The van der Waals surface area contributed by atoms with E-state index in [0.717, 1.165) is 5.56 Å². The van der Waals surface area contributed by atoms with E-state index < -0.39 is 17.8 Å². The highest BCUT2D eigenvalue weighted by Gasteiger charge is 2.31. The number of halogens is 3. The molecule has 1 N–H and O–H groups in total. The Balaban J connectivity index is 1.92. The van der Waals surface area contributed by atoms with E-state index in [1.165, 1.54) is 11.0 Å². The highest BCUT2D eigenvalue weighted by molar-refractivity contribution is 9.10. The Morgan fingerprint density at radius 3 is 2.42 bits per heavy atom. The number of carbonyl (C=O) groups excluding carboxylic acids is 2. The van der Waals surface area contributed by atoms with Crippen LogP contribution in [-0.4, -0.2) is 35.9 Å². The Labute approximate surface area is 224 Å². The molecule has 0 aliphatic carbocycles. The average molecular weight is 576 g/mol. The van der Waals surface area contributed by atoms with Crippen LogP contribution in [0.4, 0.5) is 4.39 Å². The minimum Gasteiger partial charge on any atom is -0.483 e. The van der Waals surface area contributed by atoms with Crippen molar-refractivity contribution in [2.75, 3.05) is 13.2 Å². The second kappa shape index (κ2) is 13.4. The standard InChI is InChI=1S/C28H29BrClFN2O3/c1-19(2)16-32-28(35)25(14-20-8-4-3-5-9-20)33(17-21-10-6-7-11-24(21)31)27(34)18-36-26-13-12-22(30)15-23(26)29/h3-13,15,19,25H,14,16-18H2,1-2H3,(H,32,35). The van der Waals surface area contributed by atoms with Gasteiger partial charge in [0.25, 0.3) is 5.91 Å². The number of hydrogen-bond donors (Lipinski definition) is 1. The number of rotatable bonds is 11. The van der Waals surface area contributed by atoms with Crippen LogP contribution in [0, 0.1) is 11.7 Å². The van der Waals surface area contributed by atoms with Gasteiger partial charge in [-0.3, -0.25) is 9.59 Å². The average Bonchev–Trinajstić information content (AvgIpc) is 2.85. The summed E-state index contributed by atoms with van der Waals surface area (Å²) in [6, 6.07) is 19.8. The fourth-order valence-corrected chi connectivity index (χ4v) is 4.40. The van der Waals surface area contributed by atoms with E-state index in [0.29, 0.717) is 27.4 Å². The molecule has 0 bridgehead atoms. The Morgan fingerprint density at radius 2 is 1.75 bits per heavy atom. The summed E-state index contributed by atoms with van der Waals surface area (Å²) in [5.74, 6) is -0.529. The van der Waals surface area contributed by atoms with Gasteiger partial charge in [-0.2, -0.15) is 0 Å². The lowest BCUT2D eigenvalue weighted by Crippen LogP contribution is -2.52. The molecule has 0 saturated carbocycles. The summed E-state index contributed by atoms with van der Waals surface area (Å²) in [5, 5.41) is 3.46. The second-order valence-corrected chi connectivity index (χ2v) is 10.1. The summed E-state index contributed by atoms with van der Waals surface area (Å²) in [7, 11) is 0. The molecule has 1 atom stereocenters. The summed E-state index contributed by atoms with van der Waals surface area (Å²) in [4.78, 5) is 28.3. The molecule has 0 heterocycles. The van der Waals surface area contributed by atoms with E-state index in [1.54, 1.807) is 36.4 Å². The molecule has 0 aliphatic heterocycles. The van der Waals surface area contributed by atoms with Crippen molar-refractivity contribution in [1.82, 2.24) is 10.2 Å². The maximum absolute atomic E-state index is 14.6. The van der Waals surface area contributed by atoms with Gasteiger partial charge >= 0.3 is 0 Å². The van der Waals surface area contributed by atoms with Crippen LogP contribution in [0.1, 0.15) is 25.0 Å². The third kappa shape index (κ3) is 8.07. The SMILES string of the molecule is CC(C)CNC(=O)C(Cc1ccccc1)N(Cc1ccccc1F)C(=O)COc1ccc(Cl)cc1Br. The van der Waals surface area contributed by atoms with Crippen molar-refractivity contribution in [3.8, 4) is 5.75 Å². The summed E-state index contributed by atoms with van der Waals surface area (Å²) < 4.78 is 21.0. The van der Waals surface area contributed by atoms with E-state index in [4.69, 9.17) is 16.3 Å². The molecule has 0 fully saturated rings. The van der Waals surface area contributed by atoms with Crippen LogP contribution >= 0.6 is 27.5 Å².